The smallest absolute Gasteiger partial charge is 0.00513 e. The molecular weight excluding hydrogens is 178 g/mol. The van der Waals surface area contributed by atoms with E-state index in [4.69, 9.17) is 0 Å². The molecule has 0 radical (unpaired) electrons. The van der Waals surface area contributed by atoms with Crippen molar-refractivity contribution in [3.63, 3.8) is 0 Å². The quantitative estimate of drug-likeness (QED) is 0.765. The van der Waals surface area contributed by atoms with Crippen molar-refractivity contribution in [3.05, 3.63) is 21.9 Å². The van der Waals surface area contributed by atoms with E-state index in [9.17, 15) is 0 Å². The number of hydrogen-bond acceptors (Lipinski definition) is 2. The summed E-state index contributed by atoms with van der Waals surface area (Å²) in [6, 6.07) is 4.52. The SMILES string of the molecule is Cc1ccc(CC2CCCNC2)s1. The molecule has 0 amide bonds. The maximum Gasteiger partial charge on any atom is 0.00513 e. The highest BCUT2D eigenvalue weighted by atomic mass is 32.1. The maximum absolute atomic E-state index is 3.47. The fourth-order valence-corrected chi connectivity index (χ4v) is 2.98. The Hall–Kier alpha value is -0.340. The van der Waals surface area contributed by atoms with E-state index in [1.54, 1.807) is 4.88 Å². The van der Waals surface area contributed by atoms with Gasteiger partial charge in [-0.15, -0.1) is 11.3 Å². The summed E-state index contributed by atoms with van der Waals surface area (Å²) in [5.41, 5.74) is 0. The van der Waals surface area contributed by atoms with Gasteiger partial charge in [-0.3, -0.25) is 0 Å². The number of aryl methyl sites for hydroxylation is 1. The van der Waals surface area contributed by atoms with Crippen LogP contribution in [0, 0.1) is 12.8 Å². The fourth-order valence-electron chi connectivity index (χ4n) is 1.98. The van der Waals surface area contributed by atoms with Gasteiger partial charge in [0.2, 0.25) is 0 Å². The molecule has 1 N–H and O–H groups in total. The minimum absolute atomic E-state index is 0.881. The van der Waals surface area contributed by atoms with E-state index < -0.39 is 0 Å². The largest absolute Gasteiger partial charge is 0.316 e. The van der Waals surface area contributed by atoms with Crippen LogP contribution in [-0.4, -0.2) is 13.1 Å². The molecule has 1 saturated heterocycles. The van der Waals surface area contributed by atoms with Gasteiger partial charge in [-0.2, -0.15) is 0 Å². The zero-order valence-corrected chi connectivity index (χ0v) is 8.99. The van der Waals surface area contributed by atoms with Crippen LogP contribution in [0.15, 0.2) is 12.1 Å². The van der Waals surface area contributed by atoms with Crippen LogP contribution in [0.25, 0.3) is 0 Å². The maximum atomic E-state index is 3.47. The summed E-state index contributed by atoms with van der Waals surface area (Å²) in [5.74, 6) is 0.881. The van der Waals surface area contributed by atoms with Gasteiger partial charge < -0.3 is 5.32 Å². The van der Waals surface area contributed by atoms with E-state index in [0.717, 1.165) is 5.92 Å². The molecule has 1 unspecified atom stereocenters. The van der Waals surface area contributed by atoms with Crippen LogP contribution in [0.4, 0.5) is 0 Å². The number of nitrogens with one attached hydrogen (secondary N) is 1. The lowest BCUT2D eigenvalue weighted by Crippen LogP contribution is -2.30. The monoisotopic (exact) mass is 195 g/mol. The van der Waals surface area contributed by atoms with Crippen LogP contribution in [0.5, 0.6) is 0 Å². The highest BCUT2D eigenvalue weighted by molar-refractivity contribution is 7.11. The summed E-state index contributed by atoms with van der Waals surface area (Å²) in [4.78, 5) is 3.00. The molecular formula is C11H17NS. The van der Waals surface area contributed by atoms with E-state index in [-0.39, 0.29) is 0 Å². The fraction of sp³-hybridized carbons (Fsp3) is 0.636. The first-order chi connectivity index (χ1) is 6.34. The van der Waals surface area contributed by atoms with Gasteiger partial charge >= 0.3 is 0 Å². The second kappa shape index (κ2) is 4.25. The number of hydrogen-bond donors (Lipinski definition) is 1. The topological polar surface area (TPSA) is 12.0 Å². The summed E-state index contributed by atoms with van der Waals surface area (Å²) in [6.07, 6.45) is 4.05. The van der Waals surface area contributed by atoms with Gasteiger partial charge in [-0.05, 0) is 57.3 Å². The first-order valence-electron chi connectivity index (χ1n) is 5.10. The average Bonchev–Trinajstić information content (AvgIpc) is 2.53. The van der Waals surface area contributed by atoms with Crippen molar-refractivity contribution < 1.29 is 0 Å². The van der Waals surface area contributed by atoms with Gasteiger partial charge in [-0.1, -0.05) is 0 Å². The van der Waals surface area contributed by atoms with Crippen molar-refractivity contribution >= 4 is 11.3 Å². The molecule has 2 heteroatoms. The molecule has 2 heterocycles. The summed E-state index contributed by atoms with van der Waals surface area (Å²) in [6.45, 7) is 4.63. The first kappa shape index (κ1) is 9.22. The summed E-state index contributed by atoms with van der Waals surface area (Å²) < 4.78 is 0. The second-order valence-corrected chi connectivity index (χ2v) is 5.30. The van der Waals surface area contributed by atoms with E-state index in [2.05, 4.69) is 24.4 Å². The van der Waals surface area contributed by atoms with Crippen molar-refractivity contribution in [2.45, 2.75) is 26.2 Å². The normalized spacial score (nSPS) is 23.3. The van der Waals surface area contributed by atoms with Crippen molar-refractivity contribution in [2.75, 3.05) is 13.1 Å². The summed E-state index contributed by atoms with van der Waals surface area (Å²) in [7, 11) is 0. The van der Waals surface area contributed by atoms with Crippen molar-refractivity contribution in [1.29, 1.82) is 0 Å². The van der Waals surface area contributed by atoms with Crippen LogP contribution in [0.2, 0.25) is 0 Å². The van der Waals surface area contributed by atoms with Gasteiger partial charge in [0.15, 0.2) is 0 Å². The van der Waals surface area contributed by atoms with Gasteiger partial charge in [0.1, 0.15) is 0 Å². The Morgan fingerprint density at radius 1 is 1.54 bits per heavy atom. The molecule has 1 aromatic heterocycles. The van der Waals surface area contributed by atoms with E-state index in [1.807, 2.05) is 11.3 Å². The molecule has 1 aromatic rings. The van der Waals surface area contributed by atoms with Gasteiger partial charge in [0, 0.05) is 9.75 Å². The summed E-state index contributed by atoms with van der Waals surface area (Å²) >= 11 is 1.95. The third-order valence-corrected chi connectivity index (χ3v) is 3.71. The first-order valence-corrected chi connectivity index (χ1v) is 5.92. The minimum atomic E-state index is 0.881. The van der Waals surface area contributed by atoms with Crippen LogP contribution in [0.3, 0.4) is 0 Å². The predicted molar refractivity (Wildman–Crippen MR) is 58.4 cm³/mol. The Balaban J connectivity index is 1.89. The van der Waals surface area contributed by atoms with Gasteiger partial charge in [-0.25, -0.2) is 0 Å². The molecule has 0 aliphatic carbocycles. The number of thiophene rings is 1. The average molecular weight is 195 g/mol. The highest BCUT2D eigenvalue weighted by Gasteiger charge is 2.13. The predicted octanol–water partition coefficient (Wildman–Crippen LogP) is 2.60. The third kappa shape index (κ3) is 2.55. The standard InChI is InChI=1S/C11H17NS/c1-9-4-5-11(13-9)7-10-3-2-6-12-8-10/h4-5,10,12H,2-3,6-8H2,1H3. The summed E-state index contributed by atoms with van der Waals surface area (Å²) in [5, 5.41) is 3.47. The Labute approximate surface area is 84.2 Å². The second-order valence-electron chi connectivity index (χ2n) is 3.93. The molecule has 0 bridgehead atoms. The van der Waals surface area contributed by atoms with Crippen LogP contribution < -0.4 is 5.32 Å². The Morgan fingerprint density at radius 2 is 2.46 bits per heavy atom. The highest BCUT2D eigenvalue weighted by Crippen LogP contribution is 2.22. The Kier molecular flexibility index (Phi) is 3.01. The lowest BCUT2D eigenvalue weighted by Gasteiger charge is -2.21. The molecule has 0 spiro atoms. The molecule has 1 atom stereocenters. The van der Waals surface area contributed by atoms with Crippen LogP contribution in [-0.2, 0) is 6.42 Å². The van der Waals surface area contributed by atoms with Crippen molar-refractivity contribution in [2.24, 2.45) is 5.92 Å². The molecule has 1 nitrogen and oxygen atoms in total. The molecule has 0 aromatic carbocycles. The molecule has 13 heavy (non-hydrogen) atoms. The molecule has 1 aliphatic rings. The molecule has 1 fully saturated rings. The Bertz CT molecular complexity index is 261. The minimum Gasteiger partial charge on any atom is -0.316 e. The van der Waals surface area contributed by atoms with Crippen LogP contribution in [0.1, 0.15) is 22.6 Å². The van der Waals surface area contributed by atoms with E-state index in [0.29, 0.717) is 0 Å². The van der Waals surface area contributed by atoms with E-state index in [1.165, 1.54) is 37.2 Å². The number of piperidine rings is 1. The molecule has 0 saturated carbocycles. The molecule has 2 rings (SSSR count). The lowest BCUT2D eigenvalue weighted by atomic mass is 9.96. The molecule has 1 aliphatic heterocycles. The lowest BCUT2D eigenvalue weighted by molar-refractivity contribution is 0.378. The van der Waals surface area contributed by atoms with E-state index >= 15 is 0 Å². The third-order valence-electron chi connectivity index (χ3n) is 2.68. The van der Waals surface area contributed by atoms with Gasteiger partial charge in [0.05, 0.1) is 0 Å². The zero-order valence-electron chi connectivity index (χ0n) is 8.18. The Morgan fingerprint density at radius 3 is 3.08 bits per heavy atom. The van der Waals surface area contributed by atoms with Crippen molar-refractivity contribution in [1.82, 2.24) is 5.32 Å². The van der Waals surface area contributed by atoms with Gasteiger partial charge in [0.25, 0.3) is 0 Å². The van der Waals surface area contributed by atoms with Crippen molar-refractivity contribution in [3.8, 4) is 0 Å². The molecule has 72 valence electrons. The number of rotatable bonds is 2. The zero-order chi connectivity index (χ0) is 9.10. The van der Waals surface area contributed by atoms with Crippen LogP contribution >= 0.6 is 11.3 Å².